The molecular formula is C13H20N4O3. The molecule has 2 N–H and O–H groups in total. The van der Waals surface area contributed by atoms with Gasteiger partial charge in [0, 0.05) is 20.2 Å². The first-order chi connectivity index (χ1) is 9.31. The zero-order chi connectivity index (χ0) is 15.3. The van der Waals surface area contributed by atoms with Crippen LogP contribution in [0, 0.1) is 5.92 Å². The maximum Gasteiger partial charge on any atom is 0.272 e. The van der Waals surface area contributed by atoms with Gasteiger partial charge in [0.15, 0.2) is 0 Å². The number of carbonyl (C=O) groups excluding carboxylic acids is 2. The zero-order valence-electron chi connectivity index (χ0n) is 12.1. The molecule has 0 fully saturated rings. The van der Waals surface area contributed by atoms with Crippen LogP contribution in [-0.2, 0) is 4.79 Å². The van der Waals surface area contributed by atoms with Crippen molar-refractivity contribution in [2.24, 2.45) is 5.92 Å². The molecule has 0 aliphatic rings. The van der Waals surface area contributed by atoms with E-state index in [1.165, 1.54) is 17.0 Å². The van der Waals surface area contributed by atoms with Crippen molar-refractivity contribution in [2.45, 2.75) is 26.3 Å². The highest BCUT2D eigenvalue weighted by molar-refractivity contribution is 5.95. The lowest BCUT2D eigenvalue weighted by molar-refractivity contribution is -0.131. The highest BCUT2D eigenvalue weighted by atomic mass is 16.2. The molecule has 7 nitrogen and oxygen atoms in total. The van der Waals surface area contributed by atoms with Gasteiger partial charge in [-0.3, -0.25) is 14.4 Å². The number of hydrogen-bond donors (Lipinski definition) is 2. The summed E-state index contributed by atoms with van der Waals surface area (Å²) in [4.78, 5) is 36.4. The molecule has 0 saturated carbocycles. The van der Waals surface area contributed by atoms with Crippen molar-refractivity contribution >= 4 is 11.8 Å². The van der Waals surface area contributed by atoms with Crippen molar-refractivity contribution in [1.29, 1.82) is 0 Å². The van der Waals surface area contributed by atoms with Crippen molar-refractivity contribution in [3.05, 3.63) is 28.2 Å². The summed E-state index contributed by atoms with van der Waals surface area (Å²) in [5.41, 5.74) is -0.311. The van der Waals surface area contributed by atoms with E-state index in [-0.39, 0.29) is 23.1 Å². The van der Waals surface area contributed by atoms with Crippen LogP contribution in [0.1, 0.15) is 30.8 Å². The molecule has 7 heteroatoms. The monoisotopic (exact) mass is 280 g/mol. The SMILES string of the molecule is CC(C)C[C@H](NC(=O)c1ccc(=O)[nH]n1)C(=O)N(C)C. The average molecular weight is 280 g/mol. The summed E-state index contributed by atoms with van der Waals surface area (Å²) in [6.07, 6.45) is 0.534. The highest BCUT2D eigenvalue weighted by Crippen LogP contribution is 2.07. The maximum atomic E-state index is 12.0. The van der Waals surface area contributed by atoms with Gasteiger partial charge in [0.1, 0.15) is 11.7 Å². The van der Waals surface area contributed by atoms with Crippen molar-refractivity contribution in [3.63, 3.8) is 0 Å². The van der Waals surface area contributed by atoms with Crippen molar-refractivity contribution in [2.75, 3.05) is 14.1 Å². The van der Waals surface area contributed by atoms with E-state index in [1.807, 2.05) is 13.8 Å². The van der Waals surface area contributed by atoms with E-state index in [4.69, 9.17) is 0 Å². The number of aromatic amines is 1. The molecule has 0 aromatic carbocycles. The third-order valence-corrected chi connectivity index (χ3v) is 2.66. The number of likely N-dealkylation sites (N-methyl/N-ethyl adjacent to an activating group) is 1. The number of nitrogens with one attached hydrogen (secondary N) is 2. The summed E-state index contributed by atoms with van der Waals surface area (Å²) in [5, 5.41) is 8.48. The fourth-order valence-corrected chi connectivity index (χ4v) is 1.71. The number of carbonyl (C=O) groups is 2. The van der Waals surface area contributed by atoms with Crippen LogP contribution in [0.3, 0.4) is 0 Å². The third-order valence-electron chi connectivity index (χ3n) is 2.66. The lowest BCUT2D eigenvalue weighted by Gasteiger charge is -2.22. The van der Waals surface area contributed by atoms with Gasteiger partial charge < -0.3 is 10.2 Å². The molecule has 0 aliphatic heterocycles. The number of amides is 2. The smallest absolute Gasteiger partial charge is 0.272 e. The predicted molar refractivity (Wildman–Crippen MR) is 74.3 cm³/mol. The van der Waals surface area contributed by atoms with Crippen molar-refractivity contribution < 1.29 is 9.59 Å². The van der Waals surface area contributed by atoms with Gasteiger partial charge in [-0.1, -0.05) is 13.8 Å². The van der Waals surface area contributed by atoms with E-state index in [1.54, 1.807) is 14.1 Å². The Hall–Kier alpha value is -2.18. The maximum absolute atomic E-state index is 12.0. The van der Waals surface area contributed by atoms with Gasteiger partial charge in [0.25, 0.3) is 11.5 Å². The summed E-state index contributed by atoms with van der Waals surface area (Å²) in [7, 11) is 3.28. The summed E-state index contributed by atoms with van der Waals surface area (Å²) in [5.74, 6) is -0.397. The van der Waals surface area contributed by atoms with Crippen LogP contribution >= 0.6 is 0 Å². The topological polar surface area (TPSA) is 95.2 Å². The van der Waals surface area contributed by atoms with Gasteiger partial charge in [-0.05, 0) is 18.4 Å². The van der Waals surface area contributed by atoms with E-state index in [2.05, 4.69) is 15.5 Å². The highest BCUT2D eigenvalue weighted by Gasteiger charge is 2.24. The normalized spacial score (nSPS) is 12.1. The zero-order valence-corrected chi connectivity index (χ0v) is 12.1. The van der Waals surface area contributed by atoms with Crippen molar-refractivity contribution in [3.8, 4) is 0 Å². The number of hydrogen-bond acceptors (Lipinski definition) is 4. The molecule has 0 spiro atoms. The second-order valence-corrected chi connectivity index (χ2v) is 5.19. The Morgan fingerprint density at radius 2 is 2.00 bits per heavy atom. The van der Waals surface area contributed by atoms with Crippen LogP contribution in [-0.4, -0.2) is 47.0 Å². The number of aromatic nitrogens is 2. The van der Waals surface area contributed by atoms with E-state index in [0.717, 1.165) is 0 Å². The van der Waals surface area contributed by atoms with Crippen molar-refractivity contribution in [1.82, 2.24) is 20.4 Å². The van der Waals surface area contributed by atoms with Crippen LogP contribution in [0.2, 0.25) is 0 Å². The molecule has 1 atom stereocenters. The Kier molecular flexibility index (Phi) is 5.42. The Morgan fingerprint density at radius 3 is 2.45 bits per heavy atom. The first kappa shape index (κ1) is 15.9. The lowest BCUT2D eigenvalue weighted by atomic mass is 10.0. The summed E-state index contributed by atoms with van der Waals surface area (Å²) in [6, 6.07) is 1.93. The largest absolute Gasteiger partial charge is 0.347 e. The molecular weight excluding hydrogens is 260 g/mol. The first-order valence-electron chi connectivity index (χ1n) is 6.39. The molecule has 2 amide bonds. The van der Waals surface area contributed by atoms with Gasteiger partial charge in [-0.2, -0.15) is 5.10 Å². The Bertz CT molecular complexity index is 516. The van der Waals surface area contributed by atoms with E-state index < -0.39 is 11.9 Å². The van der Waals surface area contributed by atoms with Gasteiger partial charge in [-0.25, -0.2) is 5.10 Å². The first-order valence-corrected chi connectivity index (χ1v) is 6.39. The molecule has 1 rings (SSSR count). The minimum absolute atomic E-state index is 0.0740. The molecule has 0 radical (unpaired) electrons. The van der Waals surface area contributed by atoms with Gasteiger partial charge in [0.05, 0.1) is 0 Å². The quantitative estimate of drug-likeness (QED) is 0.793. The standard InChI is InChI=1S/C13H20N4O3/c1-8(2)7-10(13(20)17(3)4)14-12(19)9-5-6-11(18)16-15-9/h5-6,8,10H,7H2,1-4H3,(H,14,19)(H,16,18)/t10-/m0/s1. The van der Waals surface area contributed by atoms with Crippen LogP contribution < -0.4 is 10.9 Å². The fraction of sp³-hybridized carbons (Fsp3) is 0.538. The molecule has 1 aromatic rings. The fourth-order valence-electron chi connectivity index (χ4n) is 1.71. The molecule has 0 saturated heterocycles. The predicted octanol–water partition coefficient (Wildman–Crippen LogP) is 0.00260. The van der Waals surface area contributed by atoms with E-state index in [9.17, 15) is 14.4 Å². The number of rotatable bonds is 5. The van der Waals surface area contributed by atoms with Gasteiger partial charge >= 0.3 is 0 Å². The Labute approximate surface area is 117 Å². The molecule has 1 aromatic heterocycles. The molecule has 20 heavy (non-hydrogen) atoms. The summed E-state index contributed by atoms with van der Waals surface area (Å²) in [6.45, 7) is 3.95. The van der Waals surface area contributed by atoms with Crippen LogP contribution in [0.25, 0.3) is 0 Å². The summed E-state index contributed by atoms with van der Waals surface area (Å²) < 4.78 is 0. The second-order valence-electron chi connectivity index (χ2n) is 5.19. The number of nitrogens with zero attached hydrogens (tertiary/aromatic N) is 2. The van der Waals surface area contributed by atoms with Crippen LogP contribution in [0.15, 0.2) is 16.9 Å². The summed E-state index contributed by atoms with van der Waals surface area (Å²) >= 11 is 0. The molecule has 0 aliphatic carbocycles. The second kappa shape index (κ2) is 6.83. The number of H-pyrrole nitrogens is 1. The van der Waals surface area contributed by atoms with Gasteiger partial charge in [0.2, 0.25) is 5.91 Å². The molecule has 0 bridgehead atoms. The average Bonchev–Trinajstić information content (AvgIpc) is 2.37. The van der Waals surface area contributed by atoms with Crippen LogP contribution in [0.4, 0.5) is 0 Å². The Morgan fingerprint density at radius 1 is 1.35 bits per heavy atom. The van der Waals surface area contributed by atoms with E-state index in [0.29, 0.717) is 6.42 Å². The van der Waals surface area contributed by atoms with Gasteiger partial charge in [-0.15, -0.1) is 0 Å². The lowest BCUT2D eigenvalue weighted by Crippen LogP contribution is -2.47. The van der Waals surface area contributed by atoms with E-state index >= 15 is 0 Å². The van der Waals surface area contributed by atoms with Crippen LogP contribution in [0.5, 0.6) is 0 Å². The third kappa shape index (κ3) is 4.49. The molecule has 0 unspecified atom stereocenters. The Balaban J connectivity index is 2.83. The minimum Gasteiger partial charge on any atom is -0.347 e. The molecule has 110 valence electrons. The minimum atomic E-state index is -0.605. The molecule has 1 heterocycles.